The van der Waals surface area contributed by atoms with Gasteiger partial charge in [-0.05, 0) is 47.8 Å². The fourth-order valence-electron chi connectivity index (χ4n) is 5.08. The average Bonchev–Trinajstić information content (AvgIpc) is 2.79. The van der Waals surface area contributed by atoms with Crippen LogP contribution in [0.1, 0.15) is 96.0 Å². The van der Waals surface area contributed by atoms with Crippen molar-refractivity contribution in [2.24, 2.45) is 11.8 Å². The molecule has 0 amide bonds. The highest BCUT2D eigenvalue weighted by Gasteiger charge is 2.26. The van der Waals surface area contributed by atoms with Crippen molar-refractivity contribution in [3.63, 3.8) is 0 Å². The van der Waals surface area contributed by atoms with Gasteiger partial charge in [-0.15, -0.1) is 0 Å². The molecule has 1 aromatic carbocycles. The van der Waals surface area contributed by atoms with Gasteiger partial charge in [0.25, 0.3) is 5.95 Å². The number of hydrogen-bond acceptors (Lipinski definition) is 1. The molecule has 0 radical (unpaired) electrons. The average molecular weight is 432 g/mol. The Bertz CT molecular complexity index is 810. The molecule has 170 valence electrons. The SMILES string of the molecule is CCCCCCCCC1CCC(C(C)c2ccc(-c3cc(F)c(F)nc3F)cc2)CC1. The van der Waals surface area contributed by atoms with E-state index in [0.29, 0.717) is 17.4 Å². The van der Waals surface area contributed by atoms with Crippen LogP contribution in [0.2, 0.25) is 0 Å². The molecule has 1 unspecified atom stereocenters. The molecule has 1 atom stereocenters. The Kier molecular flexibility index (Phi) is 8.98. The van der Waals surface area contributed by atoms with Gasteiger partial charge in [0.15, 0.2) is 5.82 Å². The smallest absolute Gasteiger partial charge is 0.202 e. The normalized spacial score (nSPS) is 20.0. The Morgan fingerprint density at radius 1 is 0.871 bits per heavy atom. The number of aromatic nitrogens is 1. The van der Waals surface area contributed by atoms with E-state index in [-0.39, 0.29) is 5.56 Å². The Morgan fingerprint density at radius 2 is 1.52 bits per heavy atom. The lowest BCUT2D eigenvalue weighted by molar-refractivity contribution is 0.236. The maximum Gasteiger partial charge on any atom is 0.251 e. The summed E-state index contributed by atoms with van der Waals surface area (Å²) in [5, 5.41) is 0. The molecular formula is C27H36F3N. The minimum atomic E-state index is -1.40. The monoisotopic (exact) mass is 431 g/mol. The quantitative estimate of drug-likeness (QED) is 0.270. The third-order valence-electron chi connectivity index (χ3n) is 7.20. The molecule has 1 saturated carbocycles. The summed E-state index contributed by atoms with van der Waals surface area (Å²) in [5.41, 5.74) is 1.73. The van der Waals surface area contributed by atoms with Crippen LogP contribution in [0.4, 0.5) is 13.2 Å². The highest BCUT2D eigenvalue weighted by atomic mass is 19.2. The summed E-state index contributed by atoms with van der Waals surface area (Å²) in [4.78, 5) is 3.02. The van der Waals surface area contributed by atoms with Gasteiger partial charge >= 0.3 is 0 Å². The summed E-state index contributed by atoms with van der Waals surface area (Å²) in [7, 11) is 0. The van der Waals surface area contributed by atoms with Crippen LogP contribution in [0.3, 0.4) is 0 Å². The second kappa shape index (κ2) is 11.7. The molecule has 3 rings (SSSR count). The zero-order chi connectivity index (χ0) is 22.2. The second-order valence-electron chi connectivity index (χ2n) is 9.35. The number of halogens is 3. The van der Waals surface area contributed by atoms with Crippen LogP contribution in [0.25, 0.3) is 11.1 Å². The molecule has 4 heteroatoms. The predicted molar refractivity (Wildman–Crippen MR) is 121 cm³/mol. The zero-order valence-electron chi connectivity index (χ0n) is 19.0. The summed E-state index contributed by atoms with van der Waals surface area (Å²) < 4.78 is 40.5. The molecule has 31 heavy (non-hydrogen) atoms. The third kappa shape index (κ3) is 6.57. The minimum absolute atomic E-state index is 0.00620. The molecule has 1 aromatic heterocycles. The summed E-state index contributed by atoms with van der Waals surface area (Å²) in [6.07, 6.45) is 14.8. The topological polar surface area (TPSA) is 12.9 Å². The van der Waals surface area contributed by atoms with E-state index in [4.69, 9.17) is 0 Å². The predicted octanol–water partition coefficient (Wildman–Crippen LogP) is 8.83. The van der Waals surface area contributed by atoms with Crippen molar-refractivity contribution in [1.82, 2.24) is 4.98 Å². The van der Waals surface area contributed by atoms with Crippen LogP contribution in [-0.4, -0.2) is 4.98 Å². The molecule has 1 aliphatic rings. The largest absolute Gasteiger partial charge is 0.251 e. The van der Waals surface area contributed by atoms with E-state index >= 15 is 0 Å². The molecule has 1 fully saturated rings. The molecule has 0 saturated heterocycles. The molecule has 1 aliphatic carbocycles. The van der Waals surface area contributed by atoms with Crippen molar-refractivity contribution in [2.75, 3.05) is 0 Å². The van der Waals surface area contributed by atoms with Gasteiger partial charge in [0.2, 0.25) is 5.95 Å². The van der Waals surface area contributed by atoms with Crippen LogP contribution >= 0.6 is 0 Å². The van der Waals surface area contributed by atoms with Gasteiger partial charge in [-0.2, -0.15) is 13.8 Å². The van der Waals surface area contributed by atoms with Crippen molar-refractivity contribution < 1.29 is 13.2 Å². The Balaban J connectivity index is 1.49. The Morgan fingerprint density at radius 3 is 2.19 bits per heavy atom. The fraction of sp³-hybridized carbons (Fsp3) is 0.593. The van der Waals surface area contributed by atoms with Crippen molar-refractivity contribution in [2.45, 2.75) is 90.4 Å². The highest BCUT2D eigenvalue weighted by molar-refractivity contribution is 5.63. The molecule has 0 bridgehead atoms. The molecule has 1 nitrogen and oxygen atoms in total. The Labute approximate surface area is 185 Å². The number of nitrogens with zero attached hydrogens (tertiary/aromatic N) is 1. The summed E-state index contributed by atoms with van der Waals surface area (Å²) in [6, 6.07) is 8.42. The van der Waals surface area contributed by atoms with Crippen LogP contribution in [0.15, 0.2) is 30.3 Å². The van der Waals surface area contributed by atoms with Crippen LogP contribution in [0.5, 0.6) is 0 Å². The second-order valence-corrected chi connectivity index (χ2v) is 9.35. The molecule has 0 aliphatic heterocycles. The molecule has 0 N–H and O–H groups in total. The molecule has 2 aromatic rings. The van der Waals surface area contributed by atoms with Gasteiger partial charge in [0, 0.05) is 5.56 Å². The lowest BCUT2D eigenvalue weighted by Gasteiger charge is -2.32. The number of pyridine rings is 1. The minimum Gasteiger partial charge on any atom is -0.202 e. The standard InChI is InChI=1S/C27H36F3N/c1-3-4-5-6-7-8-9-20-10-12-21(13-11-20)19(2)22-14-16-23(17-15-22)24-18-25(28)27(30)31-26(24)29/h14-21H,3-13H2,1-2H3. The van der Waals surface area contributed by atoms with Crippen molar-refractivity contribution >= 4 is 0 Å². The van der Waals surface area contributed by atoms with Crippen molar-refractivity contribution in [3.8, 4) is 11.1 Å². The lowest BCUT2D eigenvalue weighted by atomic mass is 9.73. The van der Waals surface area contributed by atoms with Gasteiger partial charge < -0.3 is 0 Å². The van der Waals surface area contributed by atoms with Crippen molar-refractivity contribution in [3.05, 3.63) is 53.6 Å². The first-order valence-electron chi connectivity index (χ1n) is 12.1. The summed E-state index contributed by atoms with van der Waals surface area (Å²) >= 11 is 0. The van der Waals surface area contributed by atoms with E-state index in [1.165, 1.54) is 76.2 Å². The number of rotatable bonds is 10. The van der Waals surface area contributed by atoms with Gasteiger partial charge in [-0.3, -0.25) is 0 Å². The molecule has 0 spiro atoms. The molecule has 1 heterocycles. The van der Waals surface area contributed by atoms with E-state index in [0.717, 1.165) is 12.0 Å². The van der Waals surface area contributed by atoms with E-state index < -0.39 is 17.7 Å². The maximum atomic E-state index is 14.0. The van der Waals surface area contributed by atoms with E-state index in [2.05, 4.69) is 18.8 Å². The summed E-state index contributed by atoms with van der Waals surface area (Å²) in [5.74, 6) is -1.51. The van der Waals surface area contributed by atoms with Gasteiger partial charge in [-0.25, -0.2) is 4.39 Å². The zero-order valence-corrected chi connectivity index (χ0v) is 19.0. The van der Waals surface area contributed by atoms with Crippen LogP contribution in [0, 0.1) is 29.5 Å². The summed E-state index contributed by atoms with van der Waals surface area (Å²) in [6.45, 7) is 4.53. The van der Waals surface area contributed by atoms with E-state index in [9.17, 15) is 13.2 Å². The first kappa shape index (κ1) is 23.8. The fourth-order valence-corrected chi connectivity index (χ4v) is 5.08. The highest BCUT2D eigenvalue weighted by Crippen LogP contribution is 2.40. The van der Waals surface area contributed by atoms with Gasteiger partial charge in [-0.1, -0.05) is 95.9 Å². The third-order valence-corrected chi connectivity index (χ3v) is 7.20. The van der Waals surface area contributed by atoms with Crippen molar-refractivity contribution in [1.29, 1.82) is 0 Å². The van der Waals surface area contributed by atoms with Gasteiger partial charge in [0.1, 0.15) is 0 Å². The maximum absolute atomic E-state index is 14.0. The molecular weight excluding hydrogens is 395 g/mol. The van der Waals surface area contributed by atoms with Gasteiger partial charge in [0.05, 0.1) is 0 Å². The lowest BCUT2D eigenvalue weighted by Crippen LogP contribution is -2.19. The first-order chi connectivity index (χ1) is 15.0. The van der Waals surface area contributed by atoms with Crippen LogP contribution in [-0.2, 0) is 0 Å². The Hall–Kier alpha value is -1.84. The number of benzene rings is 1. The van der Waals surface area contributed by atoms with Crippen LogP contribution < -0.4 is 0 Å². The number of hydrogen-bond donors (Lipinski definition) is 0. The number of unbranched alkanes of at least 4 members (excludes halogenated alkanes) is 5. The van der Waals surface area contributed by atoms with E-state index in [1.807, 2.05) is 12.1 Å². The first-order valence-corrected chi connectivity index (χ1v) is 12.1. The van der Waals surface area contributed by atoms with E-state index in [1.54, 1.807) is 12.1 Å².